The van der Waals surface area contributed by atoms with Crippen molar-refractivity contribution in [2.45, 2.75) is 6.54 Å². The van der Waals surface area contributed by atoms with Gasteiger partial charge in [0.25, 0.3) is 0 Å². The number of rotatable bonds is 4. The van der Waals surface area contributed by atoms with E-state index in [1.54, 1.807) is 18.2 Å². The van der Waals surface area contributed by atoms with Crippen molar-refractivity contribution < 1.29 is 9.84 Å². The lowest BCUT2D eigenvalue weighted by molar-refractivity contribution is 0.371. The minimum atomic E-state index is 0.0673. The highest BCUT2D eigenvalue weighted by molar-refractivity contribution is 9.10. The van der Waals surface area contributed by atoms with Crippen molar-refractivity contribution in [3.8, 4) is 11.5 Å². The van der Waals surface area contributed by atoms with Crippen molar-refractivity contribution in [1.29, 1.82) is 0 Å². The van der Waals surface area contributed by atoms with E-state index < -0.39 is 0 Å². The molecule has 0 unspecified atom stereocenters. The lowest BCUT2D eigenvalue weighted by Gasteiger charge is -2.12. The van der Waals surface area contributed by atoms with Gasteiger partial charge in [-0.05, 0) is 24.3 Å². The Morgan fingerprint density at radius 2 is 2.00 bits per heavy atom. The molecule has 6 heteroatoms. The summed E-state index contributed by atoms with van der Waals surface area (Å²) >= 11 is 15.4. The molecule has 0 radical (unpaired) electrons. The first-order chi connectivity index (χ1) is 9.51. The molecule has 2 rings (SSSR count). The minimum absolute atomic E-state index is 0.0673. The van der Waals surface area contributed by atoms with Crippen LogP contribution in [0.3, 0.4) is 0 Å². The Morgan fingerprint density at radius 3 is 2.65 bits per heavy atom. The van der Waals surface area contributed by atoms with Crippen LogP contribution in [-0.4, -0.2) is 12.2 Å². The predicted octanol–water partition coefficient (Wildman–Crippen LogP) is 5.08. The lowest BCUT2D eigenvalue weighted by atomic mass is 10.1. The normalized spacial score (nSPS) is 10.4. The minimum Gasteiger partial charge on any atom is -0.504 e. The fourth-order valence-corrected chi connectivity index (χ4v) is 2.71. The largest absolute Gasteiger partial charge is 0.504 e. The third-order valence-electron chi connectivity index (χ3n) is 2.74. The maximum absolute atomic E-state index is 10.0. The van der Waals surface area contributed by atoms with Crippen LogP contribution in [0.1, 0.15) is 5.56 Å². The van der Waals surface area contributed by atoms with Crippen LogP contribution in [0.15, 0.2) is 34.8 Å². The van der Waals surface area contributed by atoms with Crippen LogP contribution < -0.4 is 10.1 Å². The summed E-state index contributed by atoms with van der Waals surface area (Å²) in [6.07, 6.45) is 0. The number of ether oxygens (including phenoxy) is 1. The number of hydrogen-bond donors (Lipinski definition) is 2. The lowest BCUT2D eigenvalue weighted by Crippen LogP contribution is -2.01. The SMILES string of the molecule is COc1cc(Cl)cc(CNc2ccc(Br)cc2Cl)c1O. The Bertz CT molecular complexity index is 635. The third-order valence-corrected chi connectivity index (χ3v) is 3.76. The quantitative estimate of drug-likeness (QED) is 0.781. The molecular formula is C14H12BrCl2NO2. The Kier molecular flexibility index (Phi) is 5.02. The van der Waals surface area contributed by atoms with Gasteiger partial charge in [-0.15, -0.1) is 0 Å². The van der Waals surface area contributed by atoms with Crippen molar-refractivity contribution in [2.24, 2.45) is 0 Å². The molecule has 0 aliphatic heterocycles. The van der Waals surface area contributed by atoms with E-state index in [4.69, 9.17) is 27.9 Å². The molecule has 0 saturated carbocycles. The summed E-state index contributed by atoms with van der Waals surface area (Å²) < 4.78 is 5.97. The molecule has 3 nitrogen and oxygen atoms in total. The van der Waals surface area contributed by atoms with Crippen LogP contribution in [0.2, 0.25) is 10.0 Å². The first kappa shape index (κ1) is 15.3. The molecule has 106 valence electrons. The molecule has 0 aliphatic rings. The zero-order valence-corrected chi connectivity index (χ0v) is 13.7. The van der Waals surface area contributed by atoms with Gasteiger partial charge in [0.2, 0.25) is 0 Å². The first-order valence-corrected chi connectivity index (χ1v) is 7.30. The van der Waals surface area contributed by atoms with Crippen LogP contribution in [0.5, 0.6) is 11.5 Å². The molecule has 0 atom stereocenters. The molecule has 0 fully saturated rings. The smallest absolute Gasteiger partial charge is 0.162 e. The second-order valence-electron chi connectivity index (χ2n) is 4.09. The topological polar surface area (TPSA) is 41.5 Å². The zero-order valence-electron chi connectivity index (χ0n) is 10.6. The standard InChI is InChI=1S/C14H12BrCl2NO2/c1-20-13-6-10(16)4-8(14(13)19)7-18-12-3-2-9(15)5-11(12)17/h2-6,18-19H,7H2,1H3. The van der Waals surface area contributed by atoms with Gasteiger partial charge in [-0.3, -0.25) is 0 Å². The molecule has 2 aromatic rings. The number of methoxy groups -OCH3 is 1. The number of phenolic OH excluding ortho intramolecular Hbond substituents is 1. The summed E-state index contributed by atoms with van der Waals surface area (Å²) in [4.78, 5) is 0. The van der Waals surface area contributed by atoms with Crippen molar-refractivity contribution in [3.05, 3.63) is 50.4 Å². The Labute approximate surface area is 135 Å². The van der Waals surface area contributed by atoms with Crippen molar-refractivity contribution in [1.82, 2.24) is 0 Å². The molecule has 0 spiro atoms. The second kappa shape index (κ2) is 6.57. The summed E-state index contributed by atoms with van der Waals surface area (Å²) in [5.74, 6) is 0.411. The molecule has 2 N–H and O–H groups in total. The zero-order chi connectivity index (χ0) is 14.7. The van der Waals surface area contributed by atoms with Crippen LogP contribution >= 0.6 is 39.1 Å². The molecule has 0 saturated heterocycles. The number of halogens is 3. The number of aromatic hydroxyl groups is 1. The molecular weight excluding hydrogens is 365 g/mol. The monoisotopic (exact) mass is 375 g/mol. The van der Waals surface area contributed by atoms with Gasteiger partial charge in [0.1, 0.15) is 0 Å². The van der Waals surface area contributed by atoms with E-state index in [1.165, 1.54) is 7.11 Å². The van der Waals surface area contributed by atoms with E-state index in [2.05, 4.69) is 21.2 Å². The van der Waals surface area contributed by atoms with Gasteiger partial charge in [-0.2, -0.15) is 0 Å². The molecule has 2 aromatic carbocycles. The average Bonchev–Trinajstić information content (AvgIpc) is 2.41. The second-order valence-corrected chi connectivity index (χ2v) is 5.85. The maximum Gasteiger partial charge on any atom is 0.162 e. The van der Waals surface area contributed by atoms with Crippen LogP contribution in [-0.2, 0) is 6.54 Å². The van der Waals surface area contributed by atoms with E-state index in [0.717, 1.165) is 10.2 Å². The highest BCUT2D eigenvalue weighted by Gasteiger charge is 2.10. The van der Waals surface area contributed by atoms with Crippen molar-refractivity contribution in [2.75, 3.05) is 12.4 Å². The summed E-state index contributed by atoms with van der Waals surface area (Å²) in [5.41, 5.74) is 1.40. The average molecular weight is 377 g/mol. The van der Waals surface area contributed by atoms with Gasteiger partial charge in [0.05, 0.1) is 17.8 Å². The molecule has 20 heavy (non-hydrogen) atoms. The third kappa shape index (κ3) is 3.51. The van der Waals surface area contributed by atoms with Crippen molar-refractivity contribution in [3.63, 3.8) is 0 Å². The van der Waals surface area contributed by atoms with E-state index in [0.29, 0.717) is 27.9 Å². The number of benzene rings is 2. The summed E-state index contributed by atoms with van der Waals surface area (Å²) in [6.45, 7) is 0.379. The van der Waals surface area contributed by atoms with E-state index in [9.17, 15) is 5.11 Å². The number of phenols is 1. The number of hydrogen-bond acceptors (Lipinski definition) is 3. The van der Waals surface area contributed by atoms with E-state index in [1.807, 2.05) is 12.1 Å². The van der Waals surface area contributed by atoms with Crippen molar-refractivity contribution >= 4 is 44.8 Å². The Hall–Kier alpha value is -1.10. The highest BCUT2D eigenvalue weighted by atomic mass is 79.9. The van der Waals surface area contributed by atoms with Crippen LogP contribution in [0, 0.1) is 0 Å². The summed E-state index contributed by atoms with van der Waals surface area (Å²) in [7, 11) is 1.48. The van der Waals surface area contributed by atoms with Crippen LogP contribution in [0.25, 0.3) is 0 Å². The fourth-order valence-electron chi connectivity index (χ4n) is 1.74. The highest BCUT2D eigenvalue weighted by Crippen LogP contribution is 2.34. The maximum atomic E-state index is 10.0. The molecule has 0 aliphatic carbocycles. The Morgan fingerprint density at radius 1 is 1.25 bits per heavy atom. The van der Waals surface area contributed by atoms with Gasteiger partial charge >= 0.3 is 0 Å². The Balaban J connectivity index is 2.20. The molecule has 0 amide bonds. The predicted molar refractivity (Wildman–Crippen MR) is 86.1 cm³/mol. The van der Waals surface area contributed by atoms with Gasteiger partial charge in [-0.1, -0.05) is 39.1 Å². The van der Waals surface area contributed by atoms with E-state index >= 15 is 0 Å². The van der Waals surface area contributed by atoms with Gasteiger partial charge in [0.15, 0.2) is 11.5 Å². The van der Waals surface area contributed by atoms with Gasteiger partial charge in [-0.25, -0.2) is 0 Å². The summed E-state index contributed by atoms with van der Waals surface area (Å²) in [5, 5.41) is 14.3. The summed E-state index contributed by atoms with van der Waals surface area (Å²) in [6, 6.07) is 8.77. The van der Waals surface area contributed by atoms with E-state index in [-0.39, 0.29) is 5.75 Å². The fraction of sp³-hybridized carbons (Fsp3) is 0.143. The molecule has 0 aromatic heterocycles. The van der Waals surface area contributed by atoms with Crippen LogP contribution in [0.4, 0.5) is 5.69 Å². The van der Waals surface area contributed by atoms with Gasteiger partial charge in [0, 0.05) is 27.7 Å². The molecule has 0 bridgehead atoms. The number of anilines is 1. The molecule has 0 heterocycles. The van der Waals surface area contributed by atoms with Gasteiger partial charge < -0.3 is 15.2 Å². The number of nitrogens with one attached hydrogen (secondary N) is 1. The first-order valence-electron chi connectivity index (χ1n) is 5.75.